The standard InChI is InChI=1S/C20H29N3O3S/c1-13-2-6-17(7-3-13)27(25,26)23-10-8-16(9-11-23)22-20(24)18-14-4-5-15(12-14)19(18)21/h2-3,6-7,14-16,18-19H,4-5,8-12,21H2,1H3,(H,22,24). The Hall–Kier alpha value is -1.44. The molecule has 0 aromatic heterocycles. The van der Waals surface area contributed by atoms with Crippen molar-refractivity contribution in [1.82, 2.24) is 9.62 Å². The van der Waals surface area contributed by atoms with Crippen LogP contribution >= 0.6 is 0 Å². The lowest BCUT2D eigenvalue weighted by Gasteiger charge is -2.34. The highest BCUT2D eigenvalue weighted by atomic mass is 32.2. The van der Waals surface area contributed by atoms with E-state index in [0.29, 0.717) is 42.7 Å². The van der Waals surface area contributed by atoms with E-state index >= 15 is 0 Å². The average Bonchev–Trinajstić information content (AvgIpc) is 3.23. The van der Waals surface area contributed by atoms with Crippen molar-refractivity contribution in [3.63, 3.8) is 0 Å². The molecule has 6 nitrogen and oxygen atoms in total. The fourth-order valence-electron chi connectivity index (χ4n) is 5.12. The van der Waals surface area contributed by atoms with Gasteiger partial charge >= 0.3 is 0 Å². The highest BCUT2D eigenvalue weighted by Gasteiger charge is 2.49. The molecule has 1 heterocycles. The number of fused-ring (bicyclic) bond motifs is 2. The predicted octanol–water partition coefficient (Wildman–Crippen LogP) is 1.64. The molecule has 148 valence electrons. The topological polar surface area (TPSA) is 92.5 Å². The van der Waals surface area contributed by atoms with Gasteiger partial charge < -0.3 is 11.1 Å². The Morgan fingerprint density at radius 1 is 1.07 bits per heavy atom. The second-order valence-corrected chi connectivity index (χ2v) is 10.4. The summed E-state index contributed by atoms with van der Waals surface area (Å²) in [5, 5.41) is 3.15. The van der Waals surface area contributed by atoms with Crippen LogP contribution in [0.15, 0.2) is 29.2 Å². The molecule has 3 N–H and O–H groups in total. The van der Waals surface area contributed by atoms with E-state index in [0.717, 1.165) is 24.8 Å². The summed E-state index contributed by atoms with van der Waals surface area (Å²) in [4.78, 5) is 13.1. The summed E-state index contributed by atoms with van der Waals surface area (Å²) in [6.07, 6.45) is 4.65. The number of hydrogen-bond donors (Lipinski definition) is 2. The molecular weight excluding hydrogens is 362 g/mol. The first-order valence-corrected chi connectivity index (χ1v) is 11.4. The lowest BCUT2D eigenvalue weighted by molar-refractivity contribution is -0.128. The molecule has 4 unspecified atom stereocenters. The molecule has 7 heteroatoms. The monoisotopic (exact) mass is 391 g/mol. The van der Waals surface area contributed by atoms with Crippen LogP contribution in [-0.4, -0.2) is 43.8 Å². The minimum atomic E-state index is -3.46. The third-order valence-corrected chi connectivity index (χ3v) is 8.66. The first kappa shape index (κ1) is 18.9. The van der Waals surface area contributed by atoms with Crippen LogP contribution in [0.3, 0.4) is 0 Å². The van der Waals surface area contributed by atoms with Crippen LogP contribution in [0.5, 0.6) is 0 Å². The molecule has 1 aromatic rings. The van der Waals surface area contributed by atoms with E-state index in [1.165, 1.54) is 4.31 Å². The van der Waals surface area contributed by atoms with Crippen molar-refractivity contribution in [1.29, 1.82) is 0 Å². The smallest absolute Gasteiger partial charge is 0.243 e. The van der Waals surface area contributed by atoms with Crippen LogP contribution in [0.2, 0.25) is 0 Å². The van der Waals surface area contributed by atoms with Gasteiger partial charge in [0.25, 0.3) is 0 Å². The number of carbonyl (C=O) groups excluding carboxylic acids is 1. The van der Waals surface area contributed by atoms with E-state index in [9.17, 15) is 13.2 Å². The maximum absolute atomic E-state index is 12.8. The third kappa shape index (κ3) is 3.52. The molecule has 2 aliphatic carbocycles. The largest absolute Gasteiger partial charge is 0.353 e. The first-order chi connectivity index (χ1) is 12.9. The Kier molecular flexibility index (Phi) is 5.03. The highest BCUT2D eigenvalue weighted by Crippen LogP contribution is 2.47. The fourth-order valence-corrected chi connectivity index (χ4v) is 6.59. The average molecular weight is 392 g/mol. The molecule has 1 saturated heterocycles. The first-order valence-electron chi connectivity index (χ1n) is 9.99. The number of nitrogens with one attached hydrogen (secondary N) is 1. The Morgan fingerprint density at radius 2 is 1.70 bits per heavy atom. The minimum Gasteiger partial charge on any atom is -0.353 e. The molecule has 2 bridgehead atoms. The van der Waals surface area contributed by atoms with E-state index in [4.69, 9.17) is 5.73 Å². The van der Waals surface area contributed by atoms with Gasteiger partial charge in [0.15, 0.2) is 0 Å². The fraction of sp³-hybridized carbons (Fsp3) is 0.650. The molecule has 0 radical (unpaired) electrons. The number of piperidine rings is 1. The Balaban J connectivity index is 1.34. The number of aryl methyl sites for hydroxylation is 1. The van der Waals surface area contributed by atoms with Crippen LogP contribution in [0.4, 0.5) is 0 Å². The zero-order chi connectivity index (χ0) is 19.2. The van der Waals surface area contributed by atoms with Gasteiger partial charge in [-0.05, 0) is 63.0 Å². The number of nitrogens with two attached hydrogens (primary N) is 1. The molecular formula is C20H29N3O3S. The number of nitrogens with zero attached hydrogens (tertiary/aromatic N) is 1. The van der Waals surface area contributed by atoms with Crippen LogP contribution in [0, 0.1) is 24.7 Å². The molecule has 3 fully saturated rings. The van der Waals surface area contributed by atoms with E-state index in [2.05, 4.69) is 5.32 Å². The van der Waals surface area contributed by atoms with Crippen molar-refractivity contribution in [2.24, 2.45) is 23.5 Å². The lowest BCUT2D eigenvalue weighted by atomic mass is 9.84. The Labute approximate surface area is 161 Å². The molecule has 4 rings (SSSR count). The molecule has 1 aromatic carbocycles. The van der Waals surface area contributed by atoms with Crippen molar-refractivity contribution < 1.29 is 13.2 Å². The zero-order valence-corrected chi connectivity index (χ0v) is 16.6. The summed E-state index contributed by atoms with van der Waals surface area (Å²) in [5.74, 6) is 0.965. The second kappa shape index (κ2) is 7.18. The lowest BCUT2D eigenvalue weighted by Crippen LogP contribution is -2.51. The summed E-state index contributed by atoms with van der Waals surface area (Å²) in [6, 6.07) is 6.99. The summed E-state index contributed by atoms with van der Waals surface area (Å²) >= 11 is 0. The summed E-state index contributed by atoms with van der Waals surface area (Å²) in [6.45, 7) is 2.81. The number of hydrogen-bond acceptors (Lipinski definition) is 4. The molecule has 0 spiro atoms. The maximum Gasteiger partial charge on any atom is 0.243 e. The quantitative estimate of drug-likeness (QED) is 0.816. The van der Waals surface area contributed by atoms with E-state index < -0.39 is 10.0 Å². The molecule has 1 amide bonds. The number of rotatable bonds is 4. The van der Waals surface area contributed by atoms with Gasteiger partial charge in [-0.25, -0.2) is 8.42 Å². The van der Waals surface area contributed by atoms with Gasteiger partial charge in [0.1, 0.15) is 0 Å². The van der Waals surface area contributed by atoms with Crippen molar-refractivity contribution in [3.05, 3.63) is 29.8 Å². The predicted molar refractivity (Wildman–Crippen MR) is 103 cm³/mol. The SMILES string of the molecule is Cc1ccc(S(=O)(=O)N2CCC(NC(=O)C3C4CCC(C4)C3N)CC2)cc1. The summed E-state index contributed by atoms with van der Waals surface area (Å²) in [7, 11) is -3.46. The molecule has 27 heavy (non-hydrogen) atoms. The third-order valence-electron chi connectivity index (χ3n) is 6.74. The minimum absolute atomic E-state index is 0.00856. The van der Waals surface area contributed by atoms with Gasteiger partial charge in [0.2, 0.25) is 15.9 Å². The van der Waals surface area contributed by atoms with Crippen molar-refractivity contribution in [2.45, 2.75) is 56.0 Å². The van der Waals surface area contributed by atoms with Crippen LogP contribution in [0.1, 0.15) is 37.7 Å². The van der Waals surface area contributed by atoms with E-state index in [-0.39, 0.29) is 23.9 Å². The molecule has 3 aliphatic rings. The second-order valence-electron chi connectivity index (χ2n) is 8.44. The van der Waals surface area contributed by atoms with Crippen molar-refractivity contribution in [3.8, 4) is 0 Å². The van der Waals surface area contributed by atoms with E-state index in [1.807, 2.05) is 19.1 Å². The Morgan fingerprint density at radius 3 is 2.30 bits per heavy atom. The van der Waals surface area contributed by atoms with Gasteiger partial charge in [-0.3, -0.25) is 4.79 Å². The zero-order valence-electron chi connectivity index (χ0n) is 15.8. The normalized spacial score (nSPS) is 31.9. The maximum atomic E-state index is 12.8. The van der Waals surface area contributed by atoms with Gasteiger partial charge in [-0.2, -0.15) is 4.31 Å². The molecule has 1 aliphatic heterocycles. The van der Waals surface area contributed by atoms with Gasteiger partial charge in [0, 0.05) is 25.2 Å². The summed E-state index contributed by atoms with van der Waals surface area (Å²) < 4.78 is 27.1. The number of amides is 1. The van der Waals surface area contributed by atoms with Crippen LogP contribution in [-0.2, 0) is 14.8 Å². The van der Waals surface area contributed by atoms with Gasteiger partial charge in [-0.1, -0.05) is 17.7 Å². The number of sulfonamides is 1. The van der Waals surface area contributed by atoms with Gasteiger partial charge in [0.05, 0.1) is 10.8 Å². The number of benzene rings is 1. The summed E-state index contributed by atoms with van der Waals surface area (Å²) in [5.41, 5.74) is 7.31. The highest BCUT2D eigenvalue weighted by molar-refractivity contribution is 7.89. The van der Waals surface area contributed by atoms with Crippen molar-refractivity contribution in [2.75, 3.05) is 13.1 Å². The van der Waals surface area contributed by atoms with Crippen LogP contribution in [0.25, 0.3) is 0 Å². The Bertz CT molecular complexity index is 798. The van der Waals surface area contributed by atoms with Crippen molar-refractivity contribution >= 4 is 15.9 Å². The van der Waals surface area contributed by atoms with Crippen LogP contribution < -0.4 is 11.1 Å². The number of carbonyl (C=O) groups is 1. The molecule has 2 saturated carbocycles. The van der Waals surface area contributed by atoms with Gasteiger partial charge in [-0.15, -0.1) is 0 Å². The molecule has 4 atom stereocenters. The van der Waals surface area contributed by atoms with E-state index in [1.54, 1.807) is 12.1 Å².